The van der Waals surface area contributed by atoms with Gasteiger partial charge in [-0.05, 0) is 202 Å². The van der Waals surface area contributed by atoms with E-state index < -0.39 is 0 Å². The molecule has 6 aromatic carbocycles. The molecule has 1 aliphatic carbocycles. The van der Waals surface area contributed by atoms with E-state index in [2.05, 4.69) is 89.2 Å². The van der Waals surface area contributed by atoms with Crippen molar-refractivity contribution in [2.45, 2.75) is 44.8 Å². The van der Waals surface area contributed by atoms with Gasteiger partial charge in [-0.2, -0.15) is 0 Å². The lowest BCUT2D eigenvalue weighted by Crippen LogP contribution is -2.34. The number of carbonyl (C=O) groups is 3. The predicted octanol–water partition coefficient (Wildman–Crippen LogP) is 16.9. The molecule has 0 aliphatic heterocycles. The Bertz CT molecular complexity index is 7130. The van der Waals surface area contributed by atoms with Gasteiger partial charge in [-0.1, -0.05) is 66.2 Å². The number of halogens is 1. The van der Waals surface area contributed by atoms with Gasteiger partial charge < -0.3 is 61.9 Å². The summed E-state index contributed by atoms with van der Waals surface area (Å²) in [5, 5.41) is 23.1. The van der Waals surface area contributed by atoms with Crippen molar-refractivity contribution in [1.82, 2.24) is 73.4 Å². The van der Waals surface area contributed by atoms with Gasteiger partial charge in [0.2, 0.25) is 22.2 Å². The second kappa shape index (κ2) is 36.2. The van der Waals surface area contributed by atoms with Crippen molar-refractivity contribution in [2.75, 3.05) is 28.4 Å². The van der Waals surface area contributed by atoms with Crippen LogP contribution >= 0.6 is 11.6 Å². The van der Waals surface area contributed by atoms with E-state index in [0.29, 0.717) is 28.3 Å². The van der Waals surface area contributed by atoms with Gasteiger partial charge in [-0.25, -0.2) is 19.9 Å². The number of rotatable bonds is 21. The lowest BCUT2D eigenvalue weighted by molar-refractivity contribution is 0.0925. The quantitative estimate of drug-likeness (QED) is 0.0318. The number of hydrogen-bond acceptors (Lipinski definition) is 16. The van der Waals surface area contributed by atoms with Crippen molar-refractivity contribution in [3.63, 3.8) is 0 Å². The van der Waals surface area contributed by atoms with Crippen LogP contribution in [0.4, 0.5) is 45.5 Å². The summed E-state index contributed by atoms with van der Waals surface area (Å²) in [7, 11) is 1.64. The van der Waals surface area contributed by atoms with E-state index >= 15 is 0 Å². The summed E-state index contributed by atoms with van der Waals surface area (Å²) in [4.78, 5) is 113. The highest BCUT2D eigenvalue weighted by atomic mass is 35.5. The largest absolute Gasteiger partial charge is 0.497 e. The van der Waals surface area contributed by atoms with Gasteiger partial charge in [0.1, 0.15) is 5.75 Å². The van der Waals surface area contributed by atoms with Crippen molar-refractivity contribution in [2.24, 2.45) is 0 Å². The molecule has 28 heteroatoms. The third kappa shape index (κ3) is 18.8. The first-order valence-corrected chi connectivity index (χ1v) is 39.7. The fourth-order valence-electron chi connectivity index (χ4n) is 14.2. The normalized spacial score (nSPS) is 11.7. The van der Waals surface area contributed by atoms with E-state index in [1.165, 1.54) is 0 Å². The molecular weight excluding hydrogens is 1570 g/mol. The van der Waals surface area contributed by atoms with E-state index in [-0.39, 0.29) is 51.5 Å². The Morgan fingerprint density at radius 1 is 0.407 bits per heavy atom. The fraction of sp³-hybridized carbons (Fsp3) is 0.0842. The van der Waals surface area contributed by atoms with Crippen LogP contribution in [-0.2, 0) is 12.1 Å². The van der Waals surface area contributed by atoms with Crippen LogP contribution in [-0.4, -0.2) is 88.3 Å². The van der Waals surface area contributed by atoms with Crippen molar-refractivity contribution >= 4 is 97.4 Å². The number of anilines is 8. The van der Waals surface area contributed by atoms with Gasteiger partial charge in [0.15, 0.2) is 22.6 Å². The number of H-pyrrole nitrogens is 4. The number of aromatic nitrogens is 12. The molecule has 0 unspecified atom stereocenters. The zero-order valence-corrected chi connectivity index (χ0v) is 67.3. The molecule has 123 heavy (non-hydrogen) atoms. The Morgan fingerprint density at radius 2 is 0.772 bits per heavy atom. The minimum atomic E-state index is -0.243. The number of benzene rings is 6. The minimum absolute atomic E-state index is 0.0734. The van der Waals surface area contributed by atoms with Crippen LogP contribution in [0.2, 0.25) is 5.02 Å². The third-order valence-electron chi connectivity index (χ3n) is 20.4. The van der Waals surface area contributed by atoms with Gasteiger partial charge >= 0.3 is 0 Å². The van der Waals surface area contributed by atoms with Crippen molar-refractivity contribution < 1.29 is 19.1 Å². The molecule has 1 saturated carbocycles. The van der Waals surface area contributed by atoms with Gasteiger partial charge in [0.25, 0.3) is 17.7 Å². The van der Waals surface area contributed by atoms with Crippen molar-refractivity contribution in [3.05, 3.63) is 397 Å². The Hall–Kier alpha value is -16.4. The number of methoxy groups -OCH3 is 1. The van der Waals surface area contributed by atoms with E-state index in [9.17, 15) is 33.6 Å². The van der Waals surface area contributed by atoms with Crippen molar-refractivity contribution in [1.29, 1.82) is 0 Å². The fourth-order valence-corrected chi connectivity index (χ4v) is 14.4. The van der Waals surface area contributed by atoms with Gasteiger partial charge in [-0.3, -0.25) is 51.2 Å². The first kappa shape index (κ1) is 80.4. The third-order valence-corrected chi connectivity index (χ3v) is 20.7. The molecule has 0 bridgehead atoms. The average Bonchev–Trinajstić information content (AvgIpc) is 1.67. The SMILES string of the molecule is CC(C)NC(=O)c1ccc(Nc2ccc(-c3cc[nH]c(=O)c3)n3ccnc23)cc1.COc1cccc(Nc2ccc(-c3cc[nH]c(=O)c3)n3ccnc23)c1.O=C(NC1(c2ccccc2)CC1)c1ccc(Nc2ccc(-c3cc[nH]c(=O)c3)n3ccnc23)cc1.O=C(NCc1ccccc1Cl)c1ccc(Nc2ccc(-c3cc[nH]c(=O)c3)n3ccnc23)cc1. The number of nitrogens with zero attached hydrogens (tertiary/aromatic N) is 8. The van der Waals surface area contributed by atoms with Crippen molar-refractivity contribution in [3.8, 4) is 50.8 Å². The van der Waals surface area contributed by atoms with Gasteiger partial charge in [-0.15, -0.1) is 0 Å². The summed E-state index contributed by atoms with van der Waals surface area (Å²) in [6, 6.07) is 76.5. The summed E-state index contributed by atoms with van der Waals surface area (Å²) < 4.78 is 13.0. The molecule has 27 nitrogen and oxygen atoms in total. The molecule has 0 saturated heterocycles. The predicted molar refractivity (Wildman–Crippen MR) is 480 cm³/mol. The van der Waals surface area contributed by atoms with Crippen LogP contribution in [0, 0.1) is 0 Å². The van der Waals surface area contributed by atoms with Crippen LogP contribution in [0.15, 0.2) is 342 Å². The number of nitrogens with one attached hydrogen (secondary N) is 11. The maximum Gasteiger partial charge on any atom is 0.251 e. The average molecular weight is 1650 g/mol. The number of ether oxygens (including phenoxy) is 1. The highest BCUT2D eigenvalue weighted by molar-refractivity contribution is 6.31. The number of imidazole rings is 4. The van der Waals surface area contributed by atoms with Gasteiger partial charge in [0, 0.05) is 184 Å². The molecule has 0 radical (unpaired) electrons. The van der Waals surface area contributed by atoms with E-state index in [0.717, 1.165) is 143 Å². The van der Waals surface area contributed by atoms with E-state index in [4.69, 9.17) is 16.3 Å². The van der Waals surface area contributed by atoms with Crippen LogP contribution < -0.4 is 64.2 Å². The summed E-state index contributed by atoms with van der Waals surface area (Å²) in [6.45, 7) is 4.22. The molecule has 19 rings (SSSR count). The summed E-state index contributed by atoms with van der Waals surface area (Å²) in [6.07, 6.45) is 22.8. The van der Waals surface area contributed by atoms with Gasteiger partial charge in [0.05, 0.1) is 58.2 Å². The molecule has 3 amide bonds. The standard InChI is InChI=1S/C28H23N5O2.C26H20ClN5O2.C22H21N5O2.C19H16N4O2/c34-25-18-20(12-15-29-25)24-11-10-23(26-30-16-17-33(24)26)31-22-8-6-19(7-9-22)27(35)32-28(13-14-28)21-4-2-1-3-5-21;27-21-4-2-1-3-19(21)16-30-26(34)17-5-7-20(8-6-17)31-22-9-10-23(32-14-13-29-25(22)32)18-11-12-28-24(33)15-18;1-14(2)25-22(29)15-3-5-17(6-4-15)26-18-7-8-19(27-12-11-24-21(18)27)16-9-10-23-20(28)13-16;1-25-15-4-2-3-14(12-15)22-16-5-6-17(23-10-9-21-19(16)23)13-7-8-20-18(24)11-13/h1-12,15-18,31H,13-14H2,(H,29,34)(H,32,35);1-15,31H,16H2,(H,28,33)(H,30,34);3-14,26H,1-2H3,(H,23,28)(H,25,29);2-12,22H,1H3,(H,20,24). The van der Waals surface area contributed by atoms with E-state index in [1.807, 2.05) is 238 Å². The Kier molecular flexibility index (Phi) is 23.7. The first-order chi connectivity index (χ1) is 59.9. The Balaban J connectivity index is 0.000000122. The second-order valence-corrected chi connectivity index (χ2v) is 29.5. The highest BCUT2D eigenvalue weighted by Crippen LogP contribution is 2.46. The first-order valence-electron chi connectivity index (χ1n) is 39.3. The Labute approximate surface area is 707 Å². The number of aromatic amines is 4. The number of fused-ring (bicyclic) bond motifs is 4. The molecule has 12 heterocycles. The zero-order chi connectivity index (χ0) is 84.9. The minimum Gasteiger partial charge on any atom is -0.497 e. The molecule has 0 atom stereocenters. The highest BCUT2D eigenvalue weighted by Gasteiger charge is 2.45. The van der Waals surface area contributed by atoms with Crippen LogP contribution in [0.3, 0.4) is 0 Å². The summed E-state index contributed by atoms with van der Waals surface area (Å²) >= 11 is 6.15. The smallest absolute Gasteiger partial charge is 0.251 e. The Morgan fingerprint density at radius 3 is 1.14 bits per heavy atom. The summed E-state index contributed by atoms with van der Waals surface area (Å²) in [5.74, 6) is 0.439. The number of carbonyl (C=O) groups excluding carboxylic acids is 3. The molecule has 11 N–H and O–H groups in total. The molecule has 18 aromatic rings. The molecular formula is C95H80ClN19O8. The molecule has 610 valence electrons. The van der Waals surface area contributed by atoms with Crippen LogP contribution in [0.1, 0.15) is 68.9 Å². The lowest BCUT2D eigenvalue weighted by atomic mass is 10.0. The van der Waals surface area contributed by atoms with E-state index in [1.54, 1.807) is 111 Å². The second-order valence-electron chi connectivity index (χ2n) is 29.0. The lowest BCUT2D eigenvalue weighted by Gasteiger charge is -2.18. The number of amides is 3. The molecule has 1 aliphatic rings. The summed E-state index contributed by atoms with van der Waals surface area (Å²) in [5.41, 5.74) is 19.4. The maximum absolute atomic E-state index is 12.9. The maximum atomic E-state index is 12.9. The zero-order valence-electron chi connectivity index (χ0n) is 66.5. The van der Waals surface area contributed by atoms with Crippen LogP contribution in [0.5, 0.6) is 5.75 Å². The number of hydrogen-bond donors (Lipinski definition) is 11. The number of pyridine rings is 8. The molecule has 0 spiro atoms. The monoisotopic (exact) mass is 1650 g/mol. The molecule has 12 aromatic heterocycles. The van der Waals surface area contributed by atoms with Crippen LogP contribution in [0.25, 0.3) is 67.6 Å². The molecule has 1 fully saturated rings. The topological polar surface area (TPSA) is 345 Å².